The molecule has 0 unspecified atom stereocenters. The summed E-state index contributed by atoms with van der Waals surface area (Å²) in [5.41, 5.74) is 3.47. The maximum absolute atomic E-state index is 12.9. The molecule has 0 radical (unpaired) electrons. The van der Waals surface area contributed by atoms with Crippen LogP contribution >= 0.6 is 11.6 Å². The highest BCUT2D eigenvalue weighted by Crippen LogP contribution is 2.27. The molecular formula is C28H36ClN3O3. The van der Waals surface area contributed by atoms with Crippen molar-refractivity contribution in [1.29, 1.82) is 0 Å². The number of carbonyl (C=O) groups excluding carboxylic acids is 1. The summed E-state index contributed by atoms with van der Waals surface area (Å²) >= 11 is 6.29. The second-order valence-corrected chi connectivity index (χ2v) is 10.6. The highest BCUT2D eigenvalue weighted by molar-refractivity contribution is 6.32. The average Bonchev–Trinajstić information content (AvgIpc) is 3.17. The molecule has 6 nitrogen and oxygen atoms in total. The van der Waals surface area contributed by atoms with Gasteiger partial charge in [0.1, 0.15) is 11.6 Å². The second-order valence-electron chi connectivity index (χ2n) is 10.2. The molecule has 0 bridgehead atoms. The molecule has 35 heavy (non-hydrogen) atoms. The van der Waals surface area contributed by atoms with Crippen molar-refractivity contribution in [1.82, 2.24) is 14.9 Å². The van der Waals surface area contributed by atoms with E-state index in [0.29, 0.717) is 29.2 Å². The third-order valence-corrected chi connectivity index (χ3v) is 5.94. The predicted molar refractivity (Wildman–Crippen MR) is 141 cm³/mol. The van der Waals surface area contributed by atoms with E-state index in [4.69, 9.17) is 21.3 Å². The molecule has 0 aliphatic rings. The van der Waals surface area contributed by atoms with E-state index in [2.05, 4.69) is 42.8 Å². The number of rotatable bonds is 9. The summed E-state index contributed by atoms with van der Waals surface area (Å²) in [6.45, 7) is 10.3. The van der Waals surface area contributed by atoms with E-state index in [1.54, 1.807) is 18.2 Å². The fourth-order valence-corrected chi connectivity index (χ4v) is 4.26. The summed E-state index contributed by atoms with van der Waals surface area (Å²) < 4.78 is 7.71. The lowest BCUT2D eigenvalue weighted by Gasteiger charge is -2.19. The van der Waals surface area contributed by atoms with Crippen LogP contribution in [0.15, 0.2) is 48.7 Å². The summed E-state index contributed by atoms with van der Waals surface area (Å²) in [4.78, 5) is 17.7. The van der Waals surface area contributed by atoms with Gasteiger partial charge in [0, 0.05) is 42.4 Å². The molecule has 0 aliphatic carbocycles. The molecule has 2 N–H and O–H groups in total. The third-order valence-electron chi connectivity index (χ3n) is 5.65. The minimum atomic E-state index is -0.235. The summed E-state index contributed by atoms with van der Waals surface area (Å²) in [5, 5.41) is 13.0. The Bertz CT molecular complexity index is 1150. The minimum absolute atomic E-state index is 0.00860. The van der Waals surface area contributed by atoms with Gasteiger partial charge in [-0.15, -0.1) is 0 Å². The van der Waals surface area contributed by atoms with Crippen LogP contribution in [0.1, 0.15) is 62.8 Å². The number of aromatic nitrogens is 2. The van der Waals surface area contributed by atoms with Crippen molar-refractivity contribution in [2.45, 2.75) is 65.0 Å². The van der Waals surface area contributed by atoms with E-state index in [-0.39, 0.29) is 30.1 Å². The molecule has 0 spiro atoms. The van der Waals surface area contributed by atoms with Crippen LogP contribution in [0.25, 0.3) is 11.3 Å². The van der Waals surface area contributed by atoms with Crippen molar-refractivity contribution in [3.63, 3.8) is 0 Å². The Hall–Kier alpha value is -2.83. The number of ether oxygens (including phenoxy) is 1. The van der Waals surface area contributed by atoms with Gasteiger partial charge in [0.15, 0.2) is 0 Å². The maximum atomic E-state index is 12.9. The van der Waals surface area contributed by atoms with Gasteiger partial charge in [-0.05, 0) is 50.5 Å². The number of nitrogens with zero attached hydrogens (tertiary/aromatic N) is 2. The van der Waals surface area contributed by atoms with E-state index in [1.807, 2.05) is 39.2 Å². The van der Waals surface area contributed by atoms with Gasteiger partial charge in [-0.3, -0.25) is 4.79 Å². The van der Waals surface area contributed by atoms with Gasteiger partial charge in [0.25, 0.3) is 5.91 Å². The Morgan fingerprint density at radius 2 is 1.86 bits per heavy atom. The van der Waals surface area contributed by atoms with E-state index >= 15 is 0 Å². The molecule has 7 heteroatoms. The zero-order chi connectivity index (χ0) is 25.8. The Labute approximate surface area is 213 Å². The van der Waals surface area contributed by atoms with Gasteiger partial charge in [-0.25, -0.2) is 4.98 Å². The van der Waals surface area contributed by atoms with Crippen LogP contribution in [0.2, 0.25) is 5.02 Å². The Morgan fingerprint density at radius 1 is 1.17 bits per heavy atom. The topological polar surface area (TPSA) is 76.4 Å². The number of halogens is 1. The standard InChI is InChI=1S/C28H36ClN3O3/c1-18(2)35-25-12-11-21(16-23(25)29)26(34)30-22(13-14-33)15-19-7-9-20(10-8-19)24-17-32(6)27(31-24)28(3,4)5/h7-12,16-18,22,33H,13-15H2,1-6H3,(H,30,34)/t22-/m1/s1. The monoisotopic (exact) mass is 497 g/mol. The molecule has 1 atom stereocenters. The number of benzene rings is 2. The summed E-state index contributed by atoms with van der Waals surface area (Å²) in [7, 11) is 2.02. The van der Waals surface area contributed by atoms with Crippen molar-refractivity contribution in [3.05, 3.63) is 70.6 Å². The largest absolute Gasteiger partial charge is 0.489 e. The molecule has 3 aromatic rings. The van der Waals surface area contributed by atoms with Crippen LogP contribution in [0, 0.1) is 0 Å². The van der Waals surface area contributed by atoms with E-state index in [1.165, 1.54) is 0 Å². The number of aliphatic hydroxyl groups excluding tert-OH is 1. The molecule has 0 saturated carbocycles. The first-order valence-electron chi connectivity index (χ1n) is 12.0. The number of imidazole rings is 1. The van der Waals surface area contributed by atoms with Gasteiger partial charge >= 0.3 is 0 Å². The average molecular weight is 498 g/mol. The first-order valence-corrected chi connectivity index (χ1v) is 12.4. The minimum Gasteiger partial charge on any atom is -0.489 e. The normalized spacial score (nSPS) is 12.6. The van der Waals surface area contributed by atoms with Gasteiger partial charge in [0.2, 0.25) is 0 Å². The summed E-state index contributed by atoms with van der Waals surface area (Å²) in [6.07, 6.45) is 3.09. The van der Waals surface area contributed by atoms with Crippen LogP contribution in [0.5, 0.6) is 5.75 Å². The predicted octanol–water partition coefficient (Wildman–Crippen LogP) is 5.55. The van der Waals surface area contributed by atoms with E-state index in [0.717, 1.165) is 22.6 Å². The van der Waals surface area contributed by atoms with Crippen LogP contribution in [0.4, 0.5) is 0 Å². The zero-order valence-corrected chi connectivity index (χ0v) is 22.2. The Morgan fingerprint density at radius 3 is 2.40 bits per heavy atom. The number of hydrogen-bond acceptors (Lipinski definition) is 4. The third kappa shape index (κ3) is 7.09. The van der Waals surface area contributed by atoms with Gasteiger partial charge < -0.3 is 19.7 Å². The molecule has 188 valence electrons. The van der Waals surface area contributed by atoms with E-state index < -0.39 is 0 Å². The second kappa shape index (κ2) is 11.3. The molecule has 0 fully saturated rings. The van der Waals surface area contributed by atoms with Crippen LogP contribution in [-0.4, -0.2) is 39.3 Å². The Balaban J connectivity index is 1.69. The summed E-state index contributed by atoms with van der Waals surface area (Å²) in [6, 6.07) is 13.0. The molecule has 0 aliphatic heterocycles. The number of nitrogens with one attached hydrogen (secondary N) is 1. The molecule has 2 aromatic carbocycles. The zero-order valence-electron chi connectivity index (χ0n) is 21.4. The van der Waals surface area contributed by atoms with Crippen molar-refractivity contribution in [3.8, 4) is 17.0 Å². The number of aryl methyl sites for hydroxylation is 1. The SMILES string of the molecule is CC(C)Oc1ccc(C(=O)N[C@H](CCO)Cc2ccc(-c3cn(C)c(C(C)(C)C)n3)cc2)cc1Cl. The number of aliphatic hydroxyl groups is 1. The van der Waals surface area contributed by atoms with Gasteiger partial charge in [-0.1, -0.05) is 56.6 Å². The first-order chi connectivity index (χ1) is 16.5. The van der Waals surface area contributed by atoms with Crippen molar-refractivity contribution >= 4 is 17.5 Å². The lowest BCUT2D eigenvalue weighted by molar-refractivity contribution is 0.0930. The lowest BCUT2D eigenvalue weighted by atomic mass is 9.96. The number of amides is 1. The van der Waals surface area contributed by atoms with Gasteiger partial charge in [0.05, 0.1) is 16.8 Å². The maximum Gasteiger partial charge on any atom is 0.251 e. The molecule has 1 amide bonds. The fourth-order valence-electron chi connectivity index (χ4n) is 4.04. The first kappa shape index (κ1) is 26.8. The van der Waals surface area contributed by atoms with E-state index in [9.17, 15) is 9.90 Å². The molecule has 1 heterocycles. The van der Waals surface area contributed by atoms with Crippen molar-refractivity contribution in [2.75, 3.05) is 6.61 Å². The van der Waals surface area contributed by atoms with Crippen molar-refractivity contribution < 1.29 is 14.6 Å². The summed E-state index contributed by atoms with van der Waals surface area (Å²) in [5.74, 6) is 1.35. The smallest absolute Gasteiger partial charge is 0.251 e. The fraction of sp³-hybridized carbons (Fsp3) is 0.429. The molecular weight excluding hydrogens is 462 g/mol. The van der Waals surface area contributed by atoms with Gasteiger partial charge in [-0.2, -0.15) is 0 Å². The molecule has 0 saturated heterocycles. The Kier molecular flexibility index (Phi) is 8.62. The van der Waals surface area contributed by atoms with Crippen LogP contribution in [-0.2, 0) is 18.9 Å². The van der Waals surface area contributed by atoms with Crippen LogP contribution in [0.3, 0.4) is 0 Å². The number of carbonyl (C=O) groups is 1. The quantitative estimate of drug-likeness (QED) is 0.406. The van der Waals surface area contributed by atoms with Crippen LogP contribution < -0.4 is 10.1 Å². The lowest BCUT2D eigenvalue weighted by Crippen LogP contribution is -2.37. The molecule has 1 aromatic heterocycles. The highest BCUT2D eigenvalue weighted by atomic mass is 35.5. The highest BCUT2D eigenvalue weighted by Gasteiger charge is 2.21. The van der Waals surface area contributed by atoms with Crippen molar-refractivity contribution in [2.24, 2.45) is 7.05 Å². The molecule has 3 rings (SSSR count). The number of hydrogen-bond donors (Lipinski definition) is 2.